The first-order valence-electron chi connectivity index (χ1n) is 8.63. The summed E-state index contributed by atoms with van der Waals surface area (Å²) in [5.74, 6) is 0.747. The smallest absolute Gasteiger partial charge is 0.222 e. The molecule has 2 atom stereocenters. The van der Waals surface area contributed by atoms with Crippen LogP contribution in [-0.2, 0) is 11.2 Å². The van der Waals surface area contributed by atoms with Gasteiger partial charge in [-0.15, -0.1) is 12.4 Å². The van der Waals surface area contributed by atoms with Gasteiger partial charge in [-0.05, 0) is 50.5 Å². The number of nitrogens with one attached hydrogen (secondary N) is 1. The molecule has 5 heteroatoms. The van der Waals surface area contributed by atoms with Gasteiger partial charge in [-0.25, -0.2) is 0 Å². The monoisotopic (exact) mass is 376 g/mol. The lowest BCUT2D eigenvalue weighted by molar-refractivity contribution is -0.122. The summed E-state index contributed by atoms with van der Waals surface area (Å²) in [6, 6.07) is 14.0. The molecule has 0 saturated heterocycles. The molecule has 142 valence electrons. The molecule has 0 aliphatic heterocycles. The van der Waals surface area contributed by atoms with Crippen molar-refractivity contribution in [3.05, 3.63) is 64.7 Å². The Morgan fingerprint density at radius 1 is 1.15 bits per heavy atom. The van der Waals surface area contributed by atoms with Gasteiger partial charge in [0.25, 0.3) is 0 Å². The van der Waals surface area contributed by atoms with Crippen LogP contribution in [0.25, 0.3) is 0 Å². The van der Waals surface area contributed by atoms with Gasteiger partial charge in [-0.1, -0.05) is 41.5 Å². The van der Waals surface area contributed by atoms with Gasteiger partial charge in [-0.3, -0.25) is 4.79 Å². The van der Waals surface area contributed by atoms with Crippen LogP contribution in [-0.4, -0.2) is 19.1 Å². The zero-order chi connectivity index (χ0) is 18.4. The lowest BCUT2D eigenvalue weighted by Gasteiger charge is -2.21. The highest BCUT2D eigenvalue weighted by atomic mass is 35.5. The number of nitrogens with two attached hydrogens (primary N) is 1. The van der Waals surface area contributed by atoms with Gasteiger partial charge in [-0.2, -0.15) is 0 Å². The lowest BCUT2D eigenvalue weighted by Crippen LogP contribution is -2.33. The molecule has 3 N–H and O–H groups in total. The second-order valence-electron chi connectivity index (χ2n) is 6.78. The first-order chi connectivity index (χ1) is 11.9. The largest absolute Gasteiger partial charge is 0.497 e. The molecule has 0 aromatic heterocycles. The third-order valence-corrected chi connectivity index (χ3v) is 4.06. The number of methoxy groups -OCH3 is 1. The fourth-order valence-corrected chi connectivity index (χ4v) is 3.08. The van der Waals surface area contributed by atoms with Crippen LogP contribution in [0.5, 0.6) is 5.75 Å². The van der Waals surface area contributed by atoms with Crippen molar-refractivity contribution in [3.8, 4) is 5.75 Å². The molecule has 2 rings (SSSR count). The second-order valence-corrected chi connectivity index (χ2v) is 6.78. The van der Waals surface area contributed by atoms with E-state index in [-0.39, 0.29) is 30.4 Å². The molecule has 2 aromatic rings. The molecule has 2 unspecified atom stereocenters. The molecule has 0 radical (unpaired) electrons. The molecule has 4 nitrogen and oxygen atoms in total. The van der Waals surface area contributed by atoms with Gasteiger partial charge in [0.15, 0.2) is 0 Å². The molecule has 0 bridgehead atoms. The number of rotatable bonds is 7. The third-order valence-electron chi connectivity index (χ3n) is 4.06. The van der Waals surface area contributed by atoms with Crippen LogP contribution < -0.4 is 15.8 Å². The number of hydrogen-bond acceptors (Lipinski definition) is 3. The first-order valence-corrected chi connectivity index (χ1v) is 8.63. The highest BCUT2D eigenvalue weighted by Crippen LogP contribution is 2.24. The van der Waals surface area contributed by atoms with E-state index in [4.69, 9.17) is 10.5 Å². The number of carbonyl (C=O) groups is 1. The topological polar surface area (TPSA) is 64.3 Å². The van der Waals surface area contributed by atoms with E-state index in [2.05, 4.69) is 37.4 Å². The van der Waals surface area contributed by atoms with Crippen LogP contribution >= 0.6 is 12.4 Å². The minimum Gasteiger partial charge on any atom is -0.497 e. The molecular weight excluding hydrogens is 348 g/mol. The summed E-state index contributed by atoms with van der Waals surface area (Å²) in [5, 5.41) is 3.13. The average molecular weight is 377 g/mol. The van der Waals surface area contributed by atoms with Gasteiger partial charge >= 0.3 is 0 Å². The van der Waals surface area contributed by atoms with Crippen molar-refractivity contribution in [2.45, 2.75) is 45.7 Å². The maximum absolute atomic E-state index is 12.3. The highest BCUT2D eigenvalue weighted by molar-refractivity contribution is 5.85. The summed E-state index contributed by atoms with van der Waals surface area (Å²) < 4.78 is 5.33. The minimum absolute atomic E-state index is 0. The molecule has 0 aliphatic rings. The Kier molecular flexibility index (Phi) is 8.62. The van der Waals surface area contributed by atoms with Crippen LogP contribution in [0.15, 0.2) is 42.5 Å². The van der Waals surface area contributed by atoms with Crippen molar-refractivity contribution in [2.24, 2.45) is 5.73 Å². The Bertz CT molecular complexity index is 711. The van der Waals surface area contributed by atoms with Gasteiger partial charge in [0.1, 0.15) is 5.75 Å². The number of hydrogen-bond donors (Lipinski definition) is 2. The number of aryl methyl sites for hydroxylation is 2. The van der Waals surface area contributed by atoms with Crippen molar-refractivity contribution in [1.82, 2.24) is 5.32 Å². The fourth-order valence-electron chi connectivity index (χ4n) is 3.08. The van der Waals surface area contributed by atoms with E-state index in [1.807, 2.05) is 31.2 Å². The van der Waals surface area contributed by atoms with Crippen molar-refractivity contribution in [3.63, 3.8) is 0 Å². The highest BCUT2D eigenvalue weighted by Gasteiger charge is 2.17. The van der Waals surface area contributed by atoms with Crippen LogP contribution in [0.3, 0.4) is 0 Å². The van der Waals surface area contributed by atoms with Crippen molar-refractivity contribution in [1.29, 1.82) is 0 Å². The third kappa shape index (κ3) is 6.70. The number of amides is 1. The van der Waals surface area contributed by atoms with E-state index in [1.165, 1.54) is 16.7 Å². The SMILES string of the molecule is COc1cccc(C(Cc2cc(C)cc(C)c2)NC(=O)CC(C)N)c1.Cl. The summed E-state index contributed by atoms with van der Waals surface area (Å²) in [6.45, 7) is 6.02. The first kappa shape index (κ1) is 22.0. The van der Waals surface area contributed by atoms with Crippen LogP contribution in [0.2, 0.25) is 0 Å². The molecule has 0 saturated carbocycles. The Morgan fingerprint density at radius 2 is 1.81 bits per heavy atom. The van der Waals surface area contributed by atoms with E-state index < -0.39 is 0 Å². The van der Waals surface area contributed by atoms with Gasteiger partial charge < -0.3 is 15.8 Å². The fraction of sp³-hybridized carbons (Fsp3) is 0.381. The standard InChI is InChI=1S/C21H28N2O2.ClH/c1-14-8-15(2)10-17(9-14)12-20(23-21(24)11-16(3)22)18-6-5-7-19(13-18)25-4;/h5-10,13,16,20H,11-12,22H2,1-4H3,(H,23,24);1H. The lowest BCUT2D eigenvalue weighted by atomic mass is 9.96. The molecular formula is C21H29ClN2O2. The normalized spacial score (nSPS) is 12.7. The molecule has 1 amide bonds. The zero-order valence-corrected chi connectivity index (χ0v) is 16.7. The number of carbonyl (C=O) groups excluding carboxylic acids is 1. The van der Waals surface area contributed by atoms with Crippen LogP contribution in [0.4, 0.5) is 0 Å². The average Bonchev–Trinajstić information content (AvgIpc) is 2.52. The maximum Gasteiger partial charge on any atom is 0.222 e. The molecule has 0 aliphatic carbocycles. The van der Waals surface area contributed by atoms with Crippen LogP contribution in [0, 0.1) is 13.8 Å². The summed E-state index contributed by atoms with van der Waals surface area (Å²) >= 11 is 0. The number of halogens is 1. The molecule has 0 heterocycles. The molecule has 2 aromatic carbocycles. The molecule has 26 heavy (non-hydrogen) atoms. The van der Waals surface area contributed by atoms with Gasteiger partial charge in [0.05, 0.1) is 13.2 Å². The van der Waals surface area contributed by atoms with Crippen molar-refractivity contribution < 1.29 is 9.53 Å². The summed E-state index contributed by atoms with van der Waals surface area (Å²) in [4.78, 5) is 12.3. The minimum atomic E-state index is -0.160. The number of ether oxygens (including phenoxy) is 1. The van der Waals surface area contributed by atoms with E-state index in [9.17, 15) is 4.79 Å². The Labute approximate surface area is 162 Å². The zero-order valence-electron chi connectivity index (χ0n) is 15.9. The van der Waals surface area contributed by atoms with E-state index in [1.54, 1.807) is 7.11 Å². The summed E-state index contributed by atoms with van der Waals surface area (Å²) in [7, 11) is 1.65. The van der Waals surface area contributed by atoms with E-state index in [0.717, 1.165) is 17.7 Å². The Hall–Kier alpha value is -2.04. The predicted molar refractivity (Wildman–Crippen MR) is 109 cm³/mol. The molecule has 0 fully saturated rings. The summed E-state index contributed by atoms with van der Waals surface area (Å²) in [6.07, 6.45) is 1.04. The number of benzene rings is 2. The van der Waals surface area contributed by atoms with Crippen LogP contribution in [0.1, 0.15) is 41.6 Å². The second kappa shape index (κ2) is 10.2. The summed E-state index contributed by atoms with van der Waals surface area (Å²) in [5.41, 5.74) is 10.4. The van der Waals surface area contributed by atoms with E-state index in [0.29, 0.717) is 6.42 Å². The van der Waals surface area contributed by atoms with Gasteiger partial charge in [0, 0.05) is 12.5 Å². The van der Waals surface area contributed by atoms with Gasteiger partial charge in [0.2, 0.25) is 5.91 Å². The van der Waals surface area contributed by atoms with E-state index >= 15 is 0 Å². The molecule has 0 spiro atoms. The Balaban J connectivity index is 0.00000338. The van der Waals surface area contributed by atoms with Crippen molar-refractivity contribution in [2.75, 3.05) is 7.11 Å². The maximum atomic E-state index is 12.3. The quantitative estimate of drug-likeness (QED) is 0.770. The Morgan fingerprint density at radius 3 is 2.38 bits per heavy atom. The predicted octanol–water partition coefficient (Wildman–Crippen LogP) is 3.87. The van der Waals surface area contributed by atoms with Crippen molar-refractivity contribution >= 4 is 18.3 Å².